The summed E-state index contributed by atoms with van der Waals surface area (Å²) in [4.78, 5) is 23.6. The first kappa shape index (κ1) is 17.2. The van der Waals surface area contributed by atoms with Crippen LogP contribution in [0.3, 0.4) is 0 Å². The standard InChI is InChI=1S/C14H24N4O3/c1-3-11(6-7-15)18-13(19)10(2)17-14(20)16-9-12-5-4-8-21-12/h10-12H,3-6,8-9H2,1-2H3,(H,18,19)(H2,16,17,20)/t10-,11+,12+/m0/s1. The van der Waals surface area contributed by atoms with Crippen LogP contribution in [0.15, 0.2) is 0 Å². The summed E-state index contributed by atoms with van der Waals surface area (Å²) in [5, 5.41) is 16.7. The molecule has 1 heterocycles. The number of carbonyl (C=O) groups is 2. The van der Waals surface area contributed by atoms with Crippen LogP contribution in [0.2, 0.25) is 0 Å². The molecule has 1 fully saturated rings. The van der Waals surface area contributed by atoms with Crippen LogP contribution in [0.25, 0.3) is 0 Å². The van der Waals surface area contributed by atoms with Gasteiger partial charge < -0.3 is 20.7 Å². The summed E-state index contributed by atoms with van der Waals surface area (Å²) in [6.45, 7) is 4.70. The highest BCUT2D eigenvalue weighted by Crippen LogP contribution is 2.10. The molecule has 1 rings (SSSR count). The quantitative estimate of drug-likeness (QED) is 0.642. The maximum Gasteiger partial charge on any atom is 0.315 e. The summed E-state index contributed by atoms with van der Waals surface area (Å²) in [7, 11) is 0. The van der Waals surface area contributed by atoms with Gasteiger partial charge in [-0.25, -0.2) is 4.79 Å². The van der Waals surface area contributed by atoms with Crippen LogP contribution in [0.4, 0.5) is 4.79 Å². The van der Waals surface area contributed by atoms with Gasteiger partial charge in [0.1, 0.15) is 6.04 Å². The van der Waals surface area contributed by atoms with E-state index in [1.807, 2.05) is 13.0 Å². The predicted molar refractivity (Wildman–Crippen MR) is 77.4 cm³/mol. The average molecular weight is 296 g/mol. The Morgan fingerprint density at radius 2 is 2.19 bits per heavy atom. The largest absolute Gasteiger partial charge is 0.376 e. The molecular formula is C14H24N4O3. The van der Waals surface area contributed by atoms with E-state index >= 15 is 0 Å². The van der Waals surface area contributed by atoms with Crippen LogP contribution >= 0.6 is 0 Å². The number of hydrogen-bond acceptors (Lipinski definition) is 4. The lowest BCUT2D eigenvalue weighted by molar-refractivity contribution is -0.123. The third-order valence-electron chi connectivity index (χ3n) is 3.43. The molecule has 0 bridgehead atoms. The smallest absolute Gasteiger partial charge is 0.315 e. The van der Waals surface area contributed by atoms with Gasteiger partial charge in [0.25, 0.3) is 0 Å². The molecule has 7 nitrogen and oxygen atoms in total. The van der Waals surface area contributed by atoms with E-state index in [0.717, 1.165) is 19.4 Å². The average Bonchev–Trinajstić information content (AvgIpc) is 2.97. The lowest BCUT2D eigenvalue weighted by Gasteiger charge is -2.19. The van der Waals surface area contributed by atoms with Crippen LogP contribution in [-0.4, -0.2) is 43.3 Å². The van der Waals surface area contributed by atoms with Gasteiger partial charge in [-0.05, 0) is 26.2 Å². The fourth-order valence-corrected chi connectivity index (χ4v) is 2.06. The van der Waals surface area contributed by atoms with Gasteiger partial charge >= 0.3 is 6.03 Å². The molecule has 3 N–H and O–H groups in total. The van der Waals surface area contributed by atoms with Gasteiger partial charge in [0.05, 0.1) is 18.6 Å². The molecule has 3 atom stereocenters. The van der Waals surface area contributed by atoms with Crippen LogP contribution in [0.1, 0.15) is 39.5 Å². The number of nitrogens with one attached hydrogen (secondary N) is 3. The molecule has 21 heavy (non-hydrogen) atoms. The van der Waals surface area contributed by atoms with Gasteiger partial charge in [-0.3, -0.25) is 4.79 Å². The van der Waals surface area contributed by atoms with Crippen molar-refractivity contribution in [2.45, 2.75) is 57.7 Å². The lowest BCUT2D eigenvalue weighted by atomic mass is 10.1. The molecule has 0 saturated carbocycles. The van der Waals surface area contributed by atoms with Crippen molar-refractivity contribution < 1.29 is 14.3 Å². The summed E-state index contributed by atoms with van der Waals surface area (Å²) in [6, 6.07) is 0.810. The topological polar surface area (TPSA) is 103 Å². The molecule has 1 saturated heterocycles. The predicted octanol–water partition coefficient (Wildman–Crippen LogP) is 0.662. The Kier molecular flexibility index (Phi) is 7.54. The van der Waals surface area contributed by atoms with Crippen molar-refractivity contribution in [2.24, 2.45) is 0 Å². The lowest BCUT2D eigenvalue weighted by Crippen LogP contribution is -2.51. The molecule has 0 unspecified atom stereocenters. The zero-order valence-electron chi connectivity index (χ0n) is 12.6. The minimum atomic E-state index is -0.651. The third-order valence-corrected chi connectivity index (χ3v) is 3.43. The van der Waals surface area contributed by atoms with E-state index in [1.54, 1.807) is 6.92 Å². The number of nitriles is 1. The summed E-state index contributed by atoms with van der Waals surface area (Å²) < 4.78 is 5.40. The maximum atomic E-state index is 11.9. The van der Waals surface area contributed by atoms with Crippen molar-refractivity contribution in [3.63, 3.8) is 0 Å². The van der Waals surface area contributed by atoms with E-state index in [4.69, 9.17) is 10.00 Å². The van der Waals surface area contributed by atoms with Gasteiger partial charge in [0, 0.05) is 19.2 Å². The molecule has 0 aromatic heterocycles. The molecule has 0 spiro atoms. The van der Waals surface area contributed by atoms with Gasteiger partial charge in [-0.2, -0.15) is 5.26 Å². The highest BCUT2D eigenvalue weighted by Gasteiger charge is 2.20. The van der Waals surface area contributed by atoms with Crippen LogP contribution in [0, 0.1) is 11.3 Å². The molecule has 1 aliphatic heterocycles. The van der Waals surface area contributed by atoms with Gasteiger partial charge in [0.2, 0.25) is 5.91 Å². The van der Waals surface area contributed by atoms with Crippen molar-refractivity contribution in [1.82, 2.24) is 16.0 Å². The molecule has 3 amide bonds. The normalized spacial score (nSPS) is 20.1. The summed E-state index contributed by atoms with van der Waals surface area (Å²) in [5.74, 6) is -0.288. The van der Waals surface area contributed by atoms with Crippen LogP contribution < -0.4 is 16.0 Å². The van der Waals surface area contributed by atoms with Gasteiger partial charge in [-0.1, -0.05) is 6.92 Å². The number of carbonyl (C=O) groups excluding carboxylic acids is 2. The zero-order valence-corrected chi connectivity index (χ0v) is 12.6. The number of rotatable bonds is 7. The SMILES string of the molecule is CC[C@H](CC#N)NC(=O)[C@H](C)NC(=O)NC[C@H]1CCCO1. The van der Waals surface area contributed by atoms with Crippen molar-refractivity contribution in [3.05, 3.63) is 0 Å². The molecule has 0 aromatic carbocycles. The first-order valence-corrected chi connectivity index (χ1v) is 7.40. The van der Waals surface area contributed by atoms with Crippen molar-refractivity contribution in [3.8, 4) is 6.07 Å². The van der Waals surface area contributed by atoms with Gasteiger partial charge in [-0.15, -0.1) is 0 Å². The highest BCUT2D eigenvalue weighted by atomic mass is 16.5. The number of urea groups is 1. The van der Waals surface area contributed by atoms with E-state index in [1.165, 1.54) is 0 Å². The minimum Gasteiger partial charge on any atom is -0.376 e. The Morgan fingerprint density at radius 3 is 2.76 bits per heavy atom. The van der Waals surface area contributed by atoms with Gasteiger partial charge in [0.15, 0.2) is 0 Å². The van der Waals surface area contributed by atoms with E-state index in [9.17, 15) is 9.59 Å². The number of ether oxygens (including phenoxy) is 1. The molecule has 1 aliphatic rings. The second-order valence-corrected chi connectivity index (χ2v) is 5.19. The van der Waals surface area contributed by atoms with Crippen molar-refractivity contribution in [1.29, 1.82) is 5.26 Å². The molecule has 0 aliphatic carbocycles. The second kappa shape index (κ2) is 9.19. The van der Waals surface area contributed by atoms with Crippen LogP contribution in [-0.2, 0) is 9.53 Å². The minimum absolute atomic E-state index is 0.0694. The third kappa shape index (κ3) is 6.45. The first-order valence-electron chi connectivity index (χ1n) is 7.40. The number of amides is 3. The van der Waals surface area contributed by atoms with Crippen molar-refractivity contribution >= 4 is 11.9 Å². The second-order valence-electron chi connectivity index (χ2n) is 5.19. The molecule has 0 radical (unpaired) electrons. The van der Waals surface area contributed by atoms with E-state index in [2.05, 4.69) is 16.0 Å². The maximum absolute atomic E-state index is 11.9. The highest BCUT2D eigenvalue weighted by molar-refractivity contribution is 5.86. The Morgan fingerprint density at radius 1 is 1.43 bits per heavy atom. The van der Waals surface area contributed by atoms with E-state index in [0.29, 0.717) is 13.0 Å². The number of hydrogen-bond donors (Lipinski definition) is 3. The van der Waals surface area contributed by atoms with E-state index in [-0.39, 0.29) is 30.5 Å². The molecule has 118 valence electrons. The van der Waals surface area contributed by atoms with E-state index < -0.39 is 6.04 Å². The van der Waals surface area contributed by atoms with Crippen molar-refractivity contribution in [2.75, 3.05) is 13.2 Å². The molecular weight excluding hydrogens is 272 g/mol. The fraction of sp³-hybridized carbons (Fsp3) is 0.786. The summed E-state index contributed by atoms with van der Waals surface area (Å²) in [6.07, 6.45) is 2.98. The van der Waals surface area contributed by atoms with Crippen LogP contribution in [0.5, 0.6) is 0 Å². The zero-order chi connectivity index (χ0) is 15.7. The number of nitrogens with zero attached hydrogens (tertiary/aromatic N) is 1. The Hall–Kier alpha value is -1.81. The summed E-state index contributed by atoms with van der Waals surface area (Å²) in [5.41, 5.74) is 0. The molecule has 0 aromatic rings. The monoisotopic (exact) mass is 296 g/mol. The summed E-state index contributed by atoms with van der Waals surface area (Å²) >= 11 is 0. The Labute approximate surface area is 125 Å². The Balaban J connectivity index is 2.26. The first-order chi connectivity index (χ1) is 10.1. The molecule has 7 heteroatoms. The fourth-order valence-electron chi connectivity index (χ4n) is 2.06. The Bertz CT molecular complexity index is 388.